The maximum atomic E-state index is 11.9. The standard InChI is InChI=1S/C15H14N4O2S/c1-9-3-4-11(6-16-9)15-19-18-13(21-15)7-17-14(20)12-5-10(2)22-8-12/h3-6,8H,7H2,1-2H3,(H,17,20). The van der Waals surface area contributed by atoms with E-state index < -0.39 is 0 Å². The van der Waals surface area contributed by atoms with Crippen LogP contribution in [0.5, 0.6) is 0 Å². The van der Waals surface area contributed by atoms with E-state index in [0.29, 0.717) is 17.3 Å². The van der Waals surface area contributed by atoms with Crippen molar-refractivity contribution in [2.45, 2.75) is 20.4 Å². The molecular weight excluding hydrogens is 300 g/mol. The minimum absolute atomic E-state index is 0.152. The van der Waals surface area contributed by atoms with Crippen molar-refractivity contribution in [3.8, 4) is 11.5 Å². The second-order valence-corrected chi connectivity index (χ2v) is 5.93. The Morgan fingerprint density at radius 3 is 2.86 bits per heavy atom. The van der Waals surface area contributed by atoms with Gasteiger partial charge in [0, 0.05) is 22.1 Å². The normalized spacial score (nSPS) is 10.6. The summed E-state index contributed by atoms with van der Waals surface area (Å²) in [6.45, 7) is 4.06. The number of pyridine rings is 1. The number of amides is 1. The van der Waals surface area contributed by atoms with E-state index in [1.807, 2.05) is 37.4 Å². The Kier molecular flexibility index (Phi) is 3.97. The molecule has 0 aliphatic heterocycles. The van der Waals surface area contributed by atoms with Gasteiger partial charge in [-0.3, -0.25) is 9.78 Å². The van der Waals surface area contributed by atoms with Crippen LogP contribution in [0.4, 0.5) is 0 Å². The van der Waals surface area contributed by atoms with Gasteiger partial charge in [-0.15, -0.1) is 21.5 Å². The van der Waals surface area contributed by atoms with Gasteiger partial charge in [-0.25, -0.2) is 0 Å². The lowest BCUT2D eigenvalue weighted by Crippen LogP contribution is -2.22. The van der Waals surface area contributed by atoms with E-state index in [9.17, 15) is 4.79 Å². The smallest absolute Gasteiger partial charge is 0.252 e. The van der Waals surface area contributed by atoms with Gasteiger partial charge in [-0.1, -0.05) is 0 Å². The van der Waals surface area contributed by atoms with Crippen molar-refractivity contribution in [2.24, 2.45) is 0 Å². The van der Waals surface area contributed by atoms with E-state index in [2.05, 4.69) is 20.5 Å². The summed E-state index contributed by atoms with van der Waals surface area (Å²) in [6, 6.07) is 5.59. The van der Waals surface area contributed by atoms with E-state index in [1.54, 1.807) is 6.20 Å². The number of carbonyl (C=O) groups excluding carboxylic acids is 1. The number of aromatic nitrogens is 3. The van der Waals surface area contributed by atoms with E-state index in [0.717, 1.165) is 16.1 Å². The molecule has 6 nitrogen and oxygen atoms in total. The molecule has 3 aromatic rings. The zero-order chi connectivity index (χ0) is 15.5. The molecule has 1 N–H and O–H groups in total. The second kappa shape index (κ2) is 6.07. The van der Waals surface area contributed by atoms with Crippen LogP contribution < -0.4 is 5.32 Å². The Bertz CT molecular complexity index is 792. The van der Waals surface area contributed by atoms with Crippen LogP contribution in [0.25, 0.3) is 11.5 Å². The van der Waals surface area contributed by atoms with Crippen LogP contribution in [-0.2, 0) is 6.54 Å². The third-order valence-electron chi connectivity index (χ3n) is 3.02. The Morgan fingerprint density at radius 2 is 2.18 bits per heavy atom. The summed E-state index contributed by atoms with van der Waals surface area (Å²) in [5.41, 5.74) is 2.32. The molecule has 0 saturated carbocycles. The fraction of sp³-hybridized carbons (Fsp3) is 0.200. The van der Waals surface area contributed by atoms with Crippen LogP contribution in [0.1, 0.15) is 26.8 Å². The van der Waals surface area contributed by atoms with Gasteiger partial charge in [0.15, 0.2) is 0 Å². The zero-order valence-electron chi connectivity index (χ0n) is 12.2. The molecule has 112 valence electrons. The second-order valence-electron chi connectivity index (χ2n) is 4.82. The van der Waals surface area contributed by atoms with Crippen molar-refractivity contribution in [3.05, 3.63) is 51.8 Å². The molecule has 22 heavy (non-hydrogen) atoms. The molecular formula is C15H14N4O2S. The summed E-state index contributed by atoms with van der Waals surface area (Å²) in [5, 5.41) is 12.5. The number of rotatable bonds is 4. The Balaban J connectivity index is 1.64. The number of thiophene rings is 1. The molecule has 0 aliphatic carbocycles. The molecule has 0 saturated heterocycles. The van der Waals surface area contributed by atoms with Crippen molar-refractivity contribution in [2.75, 3.05) is 0 Å². The number of hydrogen-bond donors (Lipinski definition) is 1. The number of nitrogens with one attached hydrogen (secondary N) is 1. The molecule has 0 aliphatic rings. The summed E-state index contributed by atoms with van der Waals surface area (Å²) >= 11 is 1.54. The lowest BCUT2D eigenvalue weighted by Gasteiger charge is -1.99. The highest BCUT2D eigenvalue weighted by Gasteiger charge is 2.11. The van der Waals surface area contributed by atoms with Gasteiger partial charge >= 0.3 is 0 Å². The van der Waals surface area contributed by atoms with Crippen LogP contribution in [0.15, 0.2) is 34.2 Å². The van der Waals surface area contributed by atoms with Gasteiger partial charge in [0.25, 0.3) is 5.91 Å². The highest BCUT2D eigenvalue weighted by molar-refractivity contribution is 7.10. The Hall–Kier alpha value is -2.54. The van der Waals surface area contributed by atoms with Gasteiger partial charge in [-0.05, 0) is 32.0 Å². The molecule has 0 unspecified atom stereocenters. The summed E-state index contributed by atoms with van der Waals surface area (Å²) in [5.74, 6) is 0.597. The molecule has 7 heteroatoms. The average Bonchev–Trinajstić information content (AvgIpc) is 3.15. The van der Waals surface area contributed by atoms with Gasteiger partial charge in [-0.2, -0.15) is 0 Å². The maximum Gasteiger partial charge on any atom is 0.252 e. The molecule has 1 amide bonds. The lowest BCUT2D eigenvalue weighted by molar-refractivity contribution is 0.0947. The third kappa shape index (κ3) is 3.20. The van der Waals surface area contributed by atoms with Crippen LogP contribution in [0.2, 0.25) is 0 Å². The topological polar surface area (TPSA) is 80.9 Å². The monoisotopic (exact) mass is 314 g/mol. The SMILES string of the molecule is Cc1ccc(-c2nnc(CNC(=O)c3csc(C)c3)o2)cn1. The largest absolute Gasteiger partial charge is 0.419 e. The Labute approximate surface area is 131 Å². The van der Waals surface area contributed by atoms with Gasteiger partial charge in [0.05, 0.1) is 17.7 Å². The maximum absolute atomic E-state index is 11.9. The van der Waals surface area contributed by atoms with Crippen molar-refractivity contribution < 1.29 is 9.21 Å². The molecule has 0 radical (unpaired) electrons. The molecule has 0 spiro atoms. The first kappa shape index (κ1) is 14.4. The van der Waals surface area contributed by atoms with Gasteiger partial charge in [0.1, 0.15) is 0 Å². The molecule has 0 fully saturated rings. The van der Waals surface area contributed by atoms with Crippen molar-refractivity contribution >= 4 is 17.2 Å². The fourth-order valence-electron chi connectivity index (χ4n) is 1.86. The molecule has 3 aromatic heterocycles. The fourth-order valence-corrected chi connectivity index (χ4v) is 2.54. The van der Waals surface area contributed by atoms with Crippen LogP contribution in [-0.4, -0.2) is 21.1 Å². The number of carbonyl (C=O) groups is 1. The van der Waals surface area contributed by atoms with Gasteiger partial charge < -0.3 is 9.73 Å². The van der Waals surface area contributed by atoms with Crippen molar-refractivity contribution in [1.29, 1.82) is 0 Å². The third-order valence-corrected chi connectivity index (χ3v) is 3.88. The van der Waals surface area contributed by atoms with Crippen LogP contribution >= 0.6 is 11.3 Å². The predicted molar refractivity (Wildman–Crippen MR) is 82.5 cm³/mol. The van der Waals surface area contributed by atoms with E-state index in [1.165, 1.54) is 11.3 Å². The van der Waals surface area contributed by atoms with Gasteiger partial charge in [0.2, 0.25) is 11.8 Å². The first-order valence-corrected chi connectivity index (χ1v) is 7.58. The zero-order valence-corrected chi connectivity index (χ0v) is 13.0. The first-order chi connectivity index (χ1) is 10.6. The first-order valence-electron chi connectivity index (χ1n) is 6.70. The average molecular weight is 314 g/mol. The van der Waals surface area contributed by atoms with Crippen molar-refractivity contribution in [1.82, 2.24) is 20.5 Å². The quantitative estimate of drug-likeness (QED) is 0.801. The highest BCUT2D eigenvalue weighted by Crippen LogP contribution is 2.17. The van der Waals surface area contributed by atoms with Crippen molar-refractivity contribution in [3.63, 3.8) is 0 Å². The molecule has 3 rings (SSSR count). The highest BCUT2D eigenvalue weighted by atomic mass is 32.1. The van der Waals surface area contributed by atoms with Crippen LogP contribution in [0, 0.1) is 13.8 Å². The molecule has 0 bridgehead atoms. The molecule has 0 atom stereocenters. The lowest BCUT2D eigenvalue weighted by atomic mass is 10.2. The van der Waals surface area contributed by atoms with E-state index >= 15 is 0 Å². The summed E-state index contributed by atoms with van der Waals surface area (Å²) in [7, 11) is 0. The summed E-state index contributed by atoms with van der Waals surface area (Å²) in [6.07, 6.45) is 1.68. The van der Waals surface area contributed by atoms with Crippen LogP contribution in [0.3, 0.4) is 0 Å². The molecule has 3 heterocycles. The van der Waals surface area contributed by atoms with E-state index in [4.69, 9.17) is 4.42 Å². The predicted octanol–water partition coefficient (Wildman–Crippen LogP) is 2.74. The van der Waals surface area contributed by atoms with E-state index in [-0.39, 0.29) is 12.5 Å². The molecule has 0 aromatic carbocycles. The Morgan fingerprint density at radius 1 is 1.32 bits per heavy atom. The minimum atomic E-state index is -0.152. The minimum Gasteiger partial charge on any atom is -0.419 e. The number of nitrogens with zero attached hydrogens (tertiary/aromatic N) is 3. The summed E-state index contributed by atoms with van der Waals surface area (Å²) < 4.78 is 5.53. The number of aryl methyl sites for hydroxylation is 2. The number of hydrogen-bond acceptors (Lipinski definition) is 6. The summed E-state index contributed by atoms with van der Waals surface area (Å²) in [4.78, 5) is 17.2.